The number of pyridine rings is 2. The number of carbonyl (C=O) groups is 1. The van der Waals surface area contributed by atoms with Gasteiger partial charge in [0.15, 0.2) is 0 Å². The van der Waals surface area contributed by atoms with Crippen LogP contribution in [0.15, 0.2) is 73.3 Å². The van der Waals surface area contributed by atoms with Crippen LogP contribution >= 0.6 is 0 Å². The molecule has 0 unspecified atom stereocenters. The molecule has 0 aliphatic heterocycles. The molecule has 150 valence electrons. The quantitative estimate of drug-likeness (QED) is 0.550. The molecule has 0 saturated carbocycles. The first kappa shape index (κ1) is 19.3. The van der Waals surface area contributed by atoms with Gasteiger partial charge in [0, 0.05) is 35.9 Å². The zero-order valence-electron chi connectivity index (χ0n) is 15.3. The van der Waals surface area contributed by atoms with Crippen molar-refractivity contribution in [2.24, 2.45) is 5.73 Å². The first-order chi connectivity index (χ1) is 14.3. The number of nitrogens with two attached hydrogens (primary N) is 1. The number of nitrogens with zero attached hydrogens (tertiary/aromatic N) is 4. The monoisotopic (exact) mass is 409 g/mol. The molecule has 0 radical (unpaired) electrons. The Morgan fingerprint density at radius 2 is 1.70 bits per heavy atom. The van der Waals surface area contributed by atoms with Crippen LogP contribution in [-0.2, 0) is 6.18 Å². The van der Waals surface area contributed by atoms with Crippen molar-refractivity contribution in [3.63, 3.8) is 0 Å². The molecule has 3 aromatic heterocycles. The van der Waals surface area contributed by atoms with Crippen LogP contribution in [0.25, 0.3) is 28.1 Å². The van der Waals surface area contributed by atoms with Gasteiger partial charge in [-0.15, -0.1) is 0 Å². The van der Waals surface area contributed by atoms with E-state index < -0.39 is 17.8 Å². The number of carbonyl (C=O) groups excluding carboxylic acids is 1. The highest BCUT2D eigenvalue weighted by Gasteiger charge is 2.36. The number of primary amides is 1. The van der Waals surface area contributed by atoms with Crippen LogP contribution in [0.4, 0.5) is 13.2 Å². The number of aromatic nitrogens is 4. The maximum absolute atomic E-state index is 13.7. The Morgan fingerprint density at radius 1 is 0.933 bits per heavy atom. The molecule has 0 aliphatic rings. The van der Waals surface area contributed by atoms with Gasteiger partial charge in [0.25, 0.3) is 0 Å². The van der Waals surface area contributed by atoms with Crippen molar-refractivity contribution >= 4 is 5.91 Å². The molecule has 1 aromatic carbocycles. The van der Waals surface area contributed by atoms with Gasteiger partial charge in [0.1, 0.15) is 5.69 Å². The molecular weight excluding hydrogens is 395 g/mol. The SMILES string of the molecule is NC(=O)c1ccc(-n2nc(-c3cccnc3)cc2C(F)(F)F)cc1-c1ccncc1. The van der Waals surface area contributed by atoms with Gasteiger partial charge >= 0.3 is 6.18 Å². The van der Waals surface area contributed by atoms with Gasteiger partial charge in [0.2, 0.25) is 5.91 Å². The number of hydrogen-bond acceptors (Lipinski definition) is 4. The summed E-state index contributed by atoms with van der Waals surface area (Å²) in [5, 5.41) is 4.15. The van der Waals surface area contributed by atoms with Gasteiger partial charge in [-0.1, -0.05) is 0 Å². The molecule has 9 heteroatoms. The Kier molecular flexibility index (Phi) is 4.78. The fourth-order valence-electron chi connectivity index (χ4n) is 3.08. The van der Waals surface area contributed by atoms with E-state index in [4.69, 9.17) is 5.73 Å². The van der Waals surface area contributed by atoms with Crippen LogP contribution in [0.1, 0.15) is 16.1 Å². The predicted octanol–water partition coefficient (Wildman–Crippen LogP) is 4.11. The smallest absolute Gasteiger partial charge is 0.366 e. The summed E-state index contributed by atoms with van der Waals surface area (Å²) < 4.78 is 42.0. The summed E-state index contributed by atoms with van der Waals surface area (Å²) in [4.78, 5) is 19.7. The Balaban J connectivity index is 1.92. The van der Waals surface area contributed by atoms with Crippen molar-refractivity contribution in [3.8, 4) is 28.1 Å². The topological polar surface area (TPSA) is 86.7 Å². The van der Waals surface area contributed by atoms with Crippen LogP contribution in [0.5, 0.6) is 0 Å². The predicted molar refractivity (Wildman–Crippen MR) is 104 cm³/mol. The van der Waals surface area contributed by atoms with Gasteiger partial charge in [-0.25, -0.2) is 4.68 Å². The number of hydrogen-bond donors (Lipinski definition) is 1. The first-order valence-electron chi connectivity index (χ1n) is 8.77. The van der Waals surface area contributed by atoms with Crippen molar-refractivity contribution < 1.29 is 18.0 Å². The van der Waals surface area contributed by atoms with Crippen molar-refractivity contribution in [2.75, 3.05) is 0 Å². The molecule has 0 fully saturated rings. The van der Waals surface area contributed by atoms with Crippen LogP contribution in [-0.4, -0.2) is 25.7 Å². The average Bonchev–Trinajstić information content (AvgIpc) is 3.21. The molecule has 30 heavy (non-hydrogen) atoms. The highest BCUT2D eigenvalue weighted by Crippen LogP contribution is 2.35. The van der Waals surface area contributed by atoms with Gasteiger partial charge in [-0.2, -0.15) is 18.3 Å². The minimum Gasteiger partial charge on any atom is -0.366 e. The van der Waals surface area contributed by atoms with Crippen LogP contribution < -0.4 is 5.73 Å². The summed E-state index contributed by atoms with van der Waals surface area (Å²) in [6.07, 6.45) is 1.34. The van der Waals surface area contributed by atoms with Gasteiger partial charge in [-0.05, 0) is 59.7 Å². The fourth-order valence-corrected chi connectivity index (χ4v) is 3.08. The largest absolute Gasteiger partial charge is 0.433 e. The van der Waals surface area contributed by atoms with E-state index in [1.165, 1.54) is 43.0 Å². The van der Waals surface area contributed by atoms with E-state index >= 15 is 0 Å². The van der Waals surface area contributed by atoms with Gasteiger partial charge in [-0.3, -0.25) is 14.8 Å². The maximum Gasteiger partial charge on any atom is 0.433 e. The van der Waals surface area contributed by atoms with Crippen LogP contribution in [0.3, 0.4) is 0 Å². The van der Waals surface area contributed by atoms with Crippen molar-refractivity contribution in [2.45, 2.75) is 6.18 Å². The van der Waals surface area contributed by atoms with Gasteiger partial charge in [0.05, 0.1) is 11.4 Å². The third kappa shape index (κ3) is 3.64. The van der Waals surface area contributed by atoms with E-state index in [1.807, 2.05) is 0 Å². The molecule has 0 bridgehead atoms. The molecule has 6 nitrogen and oxygen atoms in total. The summed E-state index contributed by atoms with van der Waals surface area (Å²) in [5.41, 5.74) is 6.37. The normalized spacial score (nSPS) is 11.4. The fraction of sp³-hybridized carbons (Fsp3) is 0.0476. The summed E-state index contributed by atoms with van der Waals surface area (Å²) >= 11 is 0. The lowest BCUT2D eigenvalue weighted by atomic mass is 9.99. The molecule has 0 aliphatic carbocycles. The third-order valence-corrected chi connectivity index (χ3v) is 4.46. The lowest BCUT2D eigenvalue weighted by Gasteiger charge is -2.13. The Bertz CT molecular complexity index is 1200. The number of benzene rings is 1. The highest BCUT2D eigenvalue weighted by molar-refractivity contribution is 6.00. The van der Waals surface area contributed by atoms with E-state index in [1.54, 1.807) is 24.3 Å². The molecule has 0 atom stereocenters. The molecule has 2 N–H and O–H groups in total. The summed E-state index contributed by atoms with van der Waals surface area (Å²) in [7, 11) is 0. The van der Waals surface area contributed by atoms with E-state index in [-0.39, 0.29) is 16.9 Å². The maximum atomic E-state index is 13.7. The lowest BCUT2D eigenvalue weighted by Crippen LogP contribution is -2.15. The number of alkyl halides is 3. The Morgan fingerprint density at radius 3 is 2.33 bits per heavy atom. The third-order valence-electron chi connectivity index (χ3n) is 4.46. The van der Waals surface area contributed by atoms with Crippen LogP contribution in [0, 0.1) is 0 Å². The number of rotatable bonds is 4. The van der Waals surface area contributed by atoms with E-state index in [2.05, 4.69) is 15.1 Å². The molecule has 4 rings (SSSR count). The van der Waals surface area contributed by atoms with E-state index in [0.29, 0.717) is 16.7 Å². The molecule has 0 saturated heterocycles. The Hall–Kier alpha value is -4.01. The van der Waals surface area contributed by atoms with Crippen molar-refractivity contribution in [1.29, 1.82) is 0 Å². The summed E-state index contributed by atoms with van der Waals surface area (Å²) in [6, 6.07) is 11.7. The standard InChI is InChI=1S/C21H14F3N5O/c22-21(23,24)19-11-18(14-2-1-7-27-12-14)28-29(19)15-3-4-16(20(25)30)17(10-15)13-5-8-26-9-6-13/h1-12H,(H2,25,30). The second-order valence-electron chi connectivity index (χ2n) is 6.40. The van der Waals surface area contributed by atoms with Gasteiger partial charge < -0.3 is 5.73 Å². The highest BCUT2D eigenvalue weighted by atomic mass is 19.4. The lowest BCUT2D eigenvalue weighted by molar-refractivity contribution is -0.142. The van der Waals surface area contributed by atoms with E-state index in [0.717, 1.165) is 10.7 Å². The van der Waals surface area contributed by atoms with E-state index in [9.17, 15) is 18.0 Å². The minimum absolute atomic E-state index is 0.125. The minimum atomic E-state index is -4.65. The van der Waals surface area contributed by atoms with Crippen LogP contribution in [0.2, 0.25) is 0 Å². The number of amides is 1. The second kappa shape index (κ2) is 7.43. The molecular formula is C21H14F3N5O. The molecule has 3 heterocycles. The summed E-state index contributed by atoms with van der Waals surface area (Å²) in [5.74, 6) is -0.694. The second-order valence-corrected chi connectivity index (χ2v) is 6.40. The zero-order chi connectivity index (χ0) is 21.3. The zero-order valence-corrected chi connectivity index (χ0v) is 15.3. The number of halogens is 3. The molecule has 0 spiro atoms. The first-order valence-corrected chi connectivity index (χ1v) is 8.77. The molecule has 4 aromatic rings. The van der Waals surface area contributed by atoms with Crippen molar-refractivity contribution in [1.82, 2.24) is 19.7 Å². The molecule has 1 amide bonds. The summed E-state index contributed by atoms with van der Waals surface area (Å²) in [6.45, 7) is 0. The average molecular weight is 409 g/mol. The van der Waals surface area contributed by atoms with Crippen molar-refractivity contribution in [3.05, 3.63) is 84.6 Å². The Labute approximate surface area is 168 Å².